The van der Waals surface area contributed by atoms with E-state index in [4.69, 9.17) is 0 Å². The molecule has 0 spiro atoms. The molecule has 0 aromatic rings. The van der Waals surface area contributed by atoms with Gasteiger partial charge >= 0.3 is 0 Å². The standard InChI is InChI=1S/C11H22N2O2/c1-8(2)10(14)5-6-12-11(15)7-13-9(3)4/h8-9,13H,5-7H2,1-4H3,(H,12,15). The van der Waals surface area contributed by atoms with Crippen molar-refractivity contribution in [2.75, 3.05) is 13.1 Å². The zero-order chi connectivity index (χ0) is 11.8. The van der Waals surface area contributed by atoms with Crippen LogP contribution in [0.3, 0.4) is 0 Å². The predicted molar refractivity (Wildman–Crippen MR) is 60.6 cm³/mol. The Morgan fingerprint density at radius 2 is 1.73 bits per heavy atom. The summed E-state index contributed by atoms with van der Waals surface area (Å²) in [5.74, 6) is 0.183. The van der Waals surface area contributed by atoms with Gasteiger partial charge in [0.05, 0.1) is 6.54 Å². The minimum absolute atomic E-state index is 0.0516. The number of carbonyl (C=O) groups is 2. The molecule has 88 valence electrons. The van der Waals surface area contributed by atoms with Crippen molar-refractivity contribution in [1.82, 2.24) is 10.6 Å². The first-order chi connectivity index (χ1) is 6.93. The first kappa shape index (κ1) is 14.1. The van der Waals surface area contributed by atoms with Crippen LogP contribution in [0.2, 0.25) is 0 Å². The molecule has 4 heteroatoms. The van der Waals surface area contributed by atoms with E-state index in [9.17, 15) is 9.59 Å². The quantitative estimate of drug-likeness (QED) is 0.656. The Morgan fingerprint density at radius 1 is 1.13 bits per heavy atom. The maximum Gasteiger partial charge on any atom is 0.233 e. The van der Waals surface area contributed by atoms with Crippen molar-refractivity contribution in [2.45, 2.75) is 40.2 Å². The third-order valence-corrected chi connectivity index (χ3v) is 2.01. The zero-order valence-electron chi connectivity index (χ0n) is 10.1. The fourth-order valence-corrected chi connectivity index (χ4v) is 0.973. The van der Waals surface area contributed by atoms with E-state index in [1.165, 1.54) is 0 Å². The van der Waals surface area contributed by atoms with Crippen LogP contribution in [0.25, 0.3) is 0 Å². The molecule has 0 bridgehead atoms. The molecule has 2 N–H and O–H groups in total. The Hall–Kier alpha value is -0.900. The lowest BCUT2D eigenvalue weighted by Crippen LogP contribution is -2.37. The molecule has 0 atom stereocenters. The minimum Gasteiger partial charge on any atom is -0.355 e. The maximum absolute atomic E-state index is 11.2. The van der Waals surface area contributed by atoms with Crippen molar-refractivity contribution in [3.63, 3.8) is 0 Å². The van der Waals surface area contributed by atoms with Crippen LogP contribution in [0.1, 0.15) is 34.1 Å². The number of hydrogen-bond donors (Lipinski definition) is 2. The SMILES string of the molecule is CC(C)NCC(=O)NCCC(=O)C(C)C. The second-order valence-corrected chi connectivity index (χ2v) is 4.26. The summed E-state index contributed by atoms with van der Waals surface area (Å²) in [6.45, 7) is 8.45. The summed E-state index contributed by atoms with van der Waals surface area (Å²) < 4.78 is 0. The molecule has 0 saturated carbocycles. The van der Waals surface area contributed by atoms with Crippen LogP contribution in [-0.4, -0.2) is 30.8 Å². The number of amides is 1. The van der Waals surface area contributed by atoms with Crippen LogP contribution in [0.5, 0.6) is 0 Å². The smallest absolute Gasteiger partial charge is 0.233 e. The molecular weight excluding hydrogens is 192 g/mol. The van der Waals surface area contributed by atoms with Crippen molar-refractivity contribution >= 4 is 11.7 Å². The molecule has 0 aromatic carbocycles. The van der Waals surface area contributed by atoms with Gasteiger partial charge in [-0.15, -0.1) is 0 Å². The van der Waals surface area contributed by atoms with Gasteiger partial charge in [-0.1, -0.05) is 27.7 Å². The maximum atomic E-state index is 11.2. The Morgan fingerprint density at radius 3 is 2.20 bits per heavy atom. The summed E-state index contributed by atoms with van der Waals surface area (Å²) in [5, 5.41) is 5.71. The largest absolute Gasteiger partial charge is 0.355 e. The molecule has 0 unspecified atom stereocenters. The topological polar surface area (TPSA) is 58.2 Å². The molecule has 0 rings (SSSR count). The molecule has 0 saturated heterocycles. The molecule has 0 radical (unpaired) electrons. The lowest BCUT2D eigenvalue weighted by atomic mass is 10.1. The van der Waals surface area contributed by atoms with Gasteiger partial charge in [0.25, 0.3) is 0 Å². The van der Waals surface area contributed by atoms with Crippen molar-refractivity contribution < 1.29 is 9.59 Å². The lowest BCUT2D eigenvalue weighted by Gasteiger charge is -2.09. The van der Waals surface area contributed by atoms with Gasteiger partial charge in [-0.3, -0.25) is 9.59 Å². The van der Waals surface area contributed by atoms with Crippen LogP contribution in [0, 0.1) is 5.92 Å². The van der Waals surface area contributed by atoms with Gasteiger partial charge in [0.2, 0.25) is 5.91 Å². The second kappa shape index (κ2) is 7.40. The lowest BCUT2D eigenvalue weighted by molar-refractivity contribution is -0.122. The first-order valence-corrected chi connectivity index (χ1v) is 5.46. The zero-order valence-corrected chi connectivity index (χ0v) is 10.1. The van der Waals surface area contributed by atoms with E-state index in [0.717, 1.165) is 0 Å². The number of hydrogen-bond acceptors (Lipinski definition) is 3. The number of ketones is 1. The Labute approximate surface area is 91.8 Å². The highest BCUT2D eigenvalue weighted by atomic mass is 16.2. The summed E-state index contributed by atoms with van der Waals surface area (Å²) >= 11 is 0. The summed E-state index contributed by atoms with van der Waals surface area (Å²) in [6.07, 6.45) is 0.422. The van der Waals surface area contributed by atoms with E-state index in [1.54, 1.807) is 0 Å². The molecule has 0 aliphatic heterocycles. The van der Waals surface area contributed by atoms with E-state index in [0.29, 0.717) is 25.6 Å². The minimum atomic E-state index is -0.0553. The first-order valence-electron chi connectivity index (χ1n) is 5.46. The molecule has 0 aliphatic rings. The molecule has 0 heterocycles. The molecule has 15 heavy (non-hydrogen) atoms. The average Bonchev–Trinajstić information content (AvgIpc) is 2.14. The van der Waals surface area contributed by atoms with Gasteiger partial charge in [0.1, 0.15) is 5.78 Å². The second-order valence-electron chi connectivity index (χ2n) is 4.26. The number of Topliss-reactive ketones (excluding diaryl/α,β-unsaturated/α-hetero) is 1. The third kappa shape index (κ3) is 8.12. The molecule has 4 nitrogen and oxygen atoms in total. The van der Waals surface area contributed by atoms with Crippen molar-refractivity contribution in [3.8, 4) is 0 Å². The van der Waals surface area contributed by atoms with Crippen LogP contribution in [-0.2, 0) is 9.59 Å². The monoisotopic (exact) mass is 214 g/mol. The Bertz CT molecular complexity index is 213. The van der Waals surface area contributed by atoms with Gasteiger partial charge in [0, 0.05) is 24.9 Å². The van der Waals surface area contributed by atoms with Crippen LogP contribution in [0.15, 0.2) is 0 Å². The highest BCUT2D eigenvalue weighted by Crippen LogP contribution is 1.96. The summed E-state index contributed by atoms with van der Waals surface area (Å²) in [5.41, 5.74) is 0. The van der Waals surface area contributed by atoms with Gasteiger partial charge in [-0.2, -0.15) is 0 Å². The predicted octanol–water partition coefficient (Wildman–Crippen LogP) is 0.716. The van der Waals surface area contributed by atoms with Gasteiger partial charge in [0.15, 0.2) is 0 Å². The average molecular weight is 214 g/mol. The number of carbonyl (C=O) groups excluding carboxylic acids is 2. The number of nitrogens with one attached hydrogen (secondary N) is 2. The van der Waals surface area contributed by atoms with Crippen molar-refractivity contribution in [2.24, 2.45) is 5.92 Å². The summed E-state index contributed by atoms with van der Waals surface area (Å²) in [7, 11) is 0. The van der Waals surface area contributed by atoms with Crippen LogP contribution >= 0.6 is 0 Å². The normalized spacial score (nSPS) is 10.8. The molecule has 0 aromatic heterocycles. The molecule has 0 aliphatic carbocycles. The van der Waals surface area contributed by atoms with E-state index in [2.05, 4.69) is 10.6 Å². The van der Waals surface area contributed by atoms with Crippen molar-refractivity contribution in [3.05, 3.63) is 0 Å². The fourth-order valence-electron chi connectivity index (χ4n) is 0.973. The van der Waals surface area contributed by atoms with E-state index in [1.807, 2.05) is 27.7 Å². The fraction of sp³-hybridized carbons (Fsp3) is 0.818. The van der Waals surface area contributed by atoms with Crippen LogP contribution < -0.4 is 10.6 Å². The number of rotatable bonds is 7. The van der Waals surface area contributed by atoms with Gasteiger partial charge < -0.3 is 10.6 Å². The highest BCUT2D eigenvalue weighted by molar-refractivity contribution is 5.82. The van der Waals surface area contributed by atoms with E-state index >= 15 is 0 Å². The summed E-state index contributed by atoms with van der Waals surface area (Å²) in [4.78, 5) is 22.4. The van der Waals surface area contributed by atoms with Gasteiger partial charge in [-0.25, -0.2) is 0 Å². The molecule has 1 amide bonds. The van der Waals surface area contributed by atoms with Gasteiger partial charge in [-0.05, 0) is 0 Å². The van der Waals surface area contributed by atoms with E-state index in [-0.39, 0.29) is 17.6 Å². The van der Waals surface area contributed by atoms with Crippen molar-refractivity contribution in [1.29, 1.82) is 0 Å². The Balaban J connectivity index is 3.51. The van der Waals surface area contributed by atoms with E-state index < -0.39 is 0 Å². The molecular formula is C11H22N2O2. The summed E-state index contributed by atoms with van der Waals surface area (Å²) in [6, 6.07) is 0.299. The highest BCUT2D eigenvalue weighted by Gasteiger charge is 2.07. The van der Waals surface area contributed by atoms with Crippen LogP contribution in [0.4, 0.5) is 0 Å². The molecule has 0 fully saturated rings. The third-order valence-electron chi connectivity index (χ3n) is 2.01. The Kier molecular flexibility index (Phi) is 6.96.